The third-order valence-electron chi connectivity index (χ3n) is 7.14. The number of hydrogen-bond donors (Lipinski definition) is 0. The smallest absolute Gasteiger partial charge is 0.308 e. The van der Waals surface area contributed by atoms with Crippen LogP contribution in [0.25, 0.3) is 0 Å². The first kappa shape index (κ1) is 25.6. The summed E-state index contributed by atoms with van der Waals surface area (Å²) in [4.78, 5) is 11.5. The fourth-order valence-electron chi connectivity index (χ4n) is 4.89. The molecule has 0 aromatic heterocycles. The van der Waals surface area contributed by atoms with Gasteiger partial charge in [-0.25, -0.2) is 0 Å². The Kier molecular flexibility index (Phi) is 6.98. The maximum atomic E-state index is 11.5. The highest BCUT2D eigenvalue weighted by molar-refractivity contribution is 5.70. The molecule has 3 heteroatoms. The van der Waals surface area contributed by atoms with E-state index in [9.17, 15) is 4.79 Å². The molecular formula is C31H38O3. The molecule has 0 bridgehead atoms. The van der Waals surface area contributed by atoms with E-state index in [-0.39, 0.29) is 16.8 Å². The first-order valence-electron chi connectivity index (χ1n) is 11.9. The zero-order valence-corrected chi connectivity index (χ0v) is 22.3. The zero-order chi connectivity index (χ0) is 25.4. The molecule has 0 saturated carbocycles. The van der Waals surface area contributed by atoms with E-state index in [4.69, 9.17) is 9.47 Å². The molecule has 0 unspecified atom stereocenters. The minimum Gasteiger partial charge on any atom is -0.496 e. The maximum absolute atomic E-state index is 11.5. The Bertz CT molecular complexity index is 1170. The number of rotatable bonds is 6. The lowest BCUT2D eigenvalue weighted by molar-refractivity contribution is -0.131. The molecule has 3 aromatic rings. The van der Waals surface area contributed by atoms with Gasteiger partial charge < -0.3 is 9.47 Å². The van der Waals surface area contributed by atoms with Crippen LogP contribution in [-0.4, -0.2) is 13.1 Å². The molecule has 0 saturated heterocycles. The number of methoxy groups -OCH3 is 1. The fourth-order valence-corrected chi connectivity index (χ4v) is 4.89. The molecule has 0 aliphatic carbocycles. The molecule has 0 aliphatic heterocycles. The monoisotopic (exact) mass is 458 g/mol. The highest BCUT2D eigenvalue weighted by atomic mass is 16.5. The van der Waals surface area contributed by atoms with Crippen molar-refractivity contribution in [3.05, 3.63) is 93.0 Å². The van der Waals surface area contributed by atoms with Crippen molar-refractivity contribution in [3.63, 3.8) is 0 Å². The molecule has 0 aliphatic rings. The van der Waals surface area contributed by atoms with Crippen molar-refractivity contribution in [3.8, 4) is 11.5 Å². The van der Waals surface area contributed by atoms with Gasteiger partial charge in [-0.15, -0.1) is 0 Å². The number of esters is 1. The molecule has 0 fully saturated rings. The predicted molar refractivity (Wildman–Crippen MR) is 140 cm³/mol. The molecule has 0 heterocycles. The van der Waals surface area contributed by atoms with E-state index in [1.165, 1.54) is 29.2 Å². The molecule has 3 aromatic carbocycles. The maximum Gasteiger partial charge on any atom is 0.308 e. The van der Waals surface area contributed by atoms with Crippen LogP contribution in [0.3, 0.4) is 0 Å². The third-order valence-corrected chi connectivity index (χ3v) is 7.14. The standard InChI is InChI=1S/C31H38O3/c1-19-15-26(16-20(2)28(19)33-10)30(6,7)24-11-13-25(14-12-24)31(8,9)27-17-21(3)29(22(4)18-27)34-23(5)32/h11-18H,1-10H3. The van der Waals surface area contributed by atoms with Crippen LogP contribution in [0.15, 0.2) is 48.5 Å². The molecule has 0 radical (unpaired) electrons. The van der Waals surface area contributed by atoms with Crippen LogP contribution >= 0.6 is 0 Å². The van der Waals surface area contributed by atoms with E-state index in [1.54, 1.807) is 7.11 Å². The van der Waals surface area contributed by atoms with Gasteiger partial charge in [-0.3, -0.25) is 4.79 Å². The Morgan fingerprint density at radius 3 is 1.24 bits per heavy atom. The molecule has 0 atom stereocenters. The summed E-state index contributed by atoms with van der Waals surface area (Å²) in [5, 5.41) is 0. The Hall–Kier alpha value is -3.07. The average Bonchev–Trinajstić information content (AvgIpc) is 2.75. The second kappa shape index (κ2) is 9.29. The van der Waals surface area contributed by atoms with Gasteiger partial charge in [0.05, 0.1) is 7.11 Å². The average molecular weight is 459 g/mol. The van der Waals surface area contributed by atoms with E-state index in [0.717, 1.165) is 28.0 Å². The van der Waals surface area contributed by atoms with E-state index in [0.29, 0.717) is 5.75 Å². The number of carbonyl (C=O) groups is 1. The summed E-state index contributed by atoms with van der Waals surface area (Å²) in [6, 6.07) is 17.7. The molecule has 180 valence electrons. The van der Waals surface area contributed by atoms with E-state index in [1.807, 2.05) is 13.8 Å². The summed E-state index contributed by atoms with van der Waals surface area (Å²) in [6.07, 6.45) is 0. The summed E-state index contributed by atoms with van der Waals surface area (Å²) in [7, 11) is 1.73. The zero-order valence-electron chi connectivity index (χ0n) is 22.3. The van der Waals surface area contributed by atoms with Crippen molar-refractivity contribution in [2.24, 2.45) is 0 Å². The number of ether oxygens (including phenoxy) is 2. The third kappa shape index (κ3) is 4.75. The lowest BCUT2D eigenvalue weighted by atomic mass is 9.74. The quantitative estimate of drug-likeness (QED) is 0.283. The van der Waals surface area contributed by atoms with Crippen LogP contribution in [0, 0.1) is 27.7 Å². The SMILES string of the molecule is COc1c(C)cc(C(C)(C)c2ccc(C(C)(C)c3cc(C)c(OC(C)=O)c(C)c3)cc2)cc1C. The van der Waals surface area contributed by atoms with E-state index < -0.39 is 0 Å². The number of carbonyl (C=O) groups excluding carboxylic acids is 1. The van der Waals surface area contributed by atoms with Crippen molar-refractivity contribution in [2.45, 2.75) is 73.1 Å². The number of hydrogen-bond acceptors (Lipinski definition) is 3. The second-order valence-electron chi connectivity index (χ2n) is 10.5. The number of aryl methyl sites for hydroxylation is 4. The second-order valence-corrected chi connectivity index (χ2v) is 10.5. The topological polar surface area (TPSA) is 35.5 Å². The van der Waals surface area contributed by atoms with Crippen LogP contribution in [0.2, 0.25) is 0 Å². The van der Waals surface area contributed by atoms with Gasteiger partial charge in [-0.2, -0.15) is 0 Å². The summed E-state index contributed by atoms with van der Waals surface area (Å²) < 4.78 is 11.0. The summed E-state index contributed by atoms with van der Waals surface area (Å²) in [6.45, 7) is 18.7. The molecule has 3 nitrogen and oxygen atoms in total. The van der Waals surface area contributed by atoms with Gasteiger partial charge in [0.15, 0.2) is 0 Å². The van der Waals surface area contributed by atoms with Crippen molar-refractivity contribution in [1.29, 1.82) is 0 Å². The molecule has 0 spiro atoms. The van der Waals surface area contributed by atoms with Gasteiger partial charge in [-0.05, 0) is 72.2 Å². The lowest BCUT2D eigenvalue weighted by Crippen LogP contribution is -2.22. The predicted octanol–water partition coefficient (Wildman–Crippen LogP) is 7.51. The highest BCUT2D eigenvalue weighted by Crippen LogP contribution is 2.39. The minimum absolute atomic E-state index is 0.136. The minimum atomic E-state index is -0.293. The Labute approximate surface area is 205 Å². The van der Waals surface area contributed by atoms with E-state index >= 15 is 0 Å². The lowest BCUT2D eigenvalue weighted by Gasteiger charge is -2.31. The Morgan fingerprint density at radius 2 is 0.941 bits per heavy atom. The summed E-state index contributed by atoms with van der Waals surface area (Å²) in [5.41, 5.74) is 8.93. The largest absolute Gasteiger partial charge is 0.496 e. The molecule has 0 N–H and O–H groups in total. The fraction of sp³-hybridized carbons (Fsp3) is 0.387. The van der Waals surface area contributed by atoms with Gasteiger partial charge in [0.2, 0.25) is 0 Å². The molecule has 0 amide bonds. The van der Waals surface area contributed by atoms with Crippen LogP contribution in [0.5, 0.6) is 11.5 Å². The Balaban J connectivity index is 1.97. The van der Waals surface area contributed by atoms with Crippen molar-refractivity contribution in [2.75, 3.05) is 7.11 Å². The molecular weight excluding hydrogens is 420 g/mol. The summed E-state index contributed by atoms with van der Waals surface area (Å²) >= 11 is 0. The van der Waals surface area contributed by atoms with Gasteiger partial charge in [0, 0.05) is 17.8 Å². The van der Waals surface area contributed by atoms with Gasteiger partial charge >= 0.3 is 5.97 Å². The molecule has 3 rings (SSSR count). The first-order valence-corrected chi connectivity index (χ1v) is 11.9. The van der Waals surface area contributed by atoms with Crippen LogP contribution in [0.4, 0.5) is 0 Å². The van der Waals surface area contributed by atoms with E-state index in [2.05, 4.69) is 90.1 Å². The van der Waals surface area contributed by atoms with Crippen LogP contribution in [0.1, 0.15) is 79.1 Å². The normalized spacial score (nSPS) is 11.9. The van der Waals surface area contributed by atoms with Crippen LogP contribution in [-0.2, 0) is 15.6 Å². The van der Waals surface area contributed by atoms with Crippen molar-refractivity contribution < 1.29 is 14.3 Å². The van der Waals surface area contributed by atoms with Gasteiger partial charge in [0.25, 0.3) is 0 Å². The summed E-state index contributed by atoms with van der Waals surface area (Å²) in [5.74, 6) is 1.33. The highest BCUT2D eigenvalue weighted by Gasteiger charge is 2.28. The van der Waals surface area contributed by atoms with Crippen molar-refractivity contribution in [1.82, 2.24) is 0 Å². The van der Waals surface area contributed by atoms with Gasteiger partial charge in [0.1, 0.15) is 11.5 Å². The Morgan fingerprint density at radius 1 is 0.618 bits per heavy atom. The van der Waals surface area contributed by atoms with Crippen LogP contribution < -0.4 is 9.47 Å². The van der Waals surface area contributed by atoms with Crippen molar-refractivity contribution >= 4 is 5.97 Å². The first-order chi connectivity index (χ1) is 15.8. The van der Waals surface area contributed by atoms with Gasteiger partial charge in [-0.1, -0.05) is 76.2 Å². The molecule has 34 heavy (non-hydrogen) atoms. The number of benzene rings is 3.